The maximum Gasteiger partial charge on any atom is 0.200 e. The van der Waals surface area contributed by atoms with Gasteiger partial charge in [0.05, 0.1) is 39.2 Å². The number of pyridine rings is 1. The van der Waals surface area contributed by atoms with Crippen LogP contribution in [0.25, 0.3) is 61.0 Å². The van der Waals surface area contributed by atoms with Gasteiger partial charge in [-0.15, -0.1) is 0 Å². The van der Waals surface area contributed by atoms with Crippen LogP contribution < -0.4 is 14.5 Å². The lowest BCUT2D eigenvalue weighted by Gasteiger charge is -2.31. The van der Waals surface area contributed by atoms with Crippen molar-refractivity contribution in [3.05, 3.63) is 215 Å². The summed E-state index contributed by atoms with van der Waals surface area (Å²) in [6.45, 7) is 16.9. The van der Waals surface area contributed by atoms with Crippen molar-refractivity contribution in [2.75, 3.05) is 16.5 Å². The Bertz CT molecular complexity index is 4080. The molecule has 0 saturated heterocycles. The summed E-state index contributed by atoms with van der Waals surface area (Å²) in [6.07, 6.45) is 1.79. The molecule has 81 heavy (non-hydrogen) atoms. The molecule has 412 valence electrons. The monoisotopic (exact) mass is 1110 g/mol. The van der Waals surface area contributed by atoms with Crippen LogP contribution in [-0.4, -0.2) is 16.2 Å². The molecule has 10 aromatic rings. The minimum absolute atomic E-state index is 0.0197. The van der Waals surface area contributed by atoms with Crippen molar-refractivity contribution in [1.82, 2.24) is 9.55 Å². The van der Waals surface area contributed by atoms with Crippen molar-refractivity contribution in [3.63, 3.8) is 0 Å². The molecule has 0 saturated carbocycles. The van der Waals surface area contributed by atoms with E-state index in [4.69, 9.17) is 9.72 Å². The summed E-state index contributed by atoms with van der Waals surface area (Å²) in [5.41, 5.74) is -0.773. The lowest BCUT2D eigenvalue weighted by atomic mass is 9.81. The standard InChI is InChI=1S/C66H52F10N4O/c1-64(2,3)35-24-25-77-50(30-35)80-46-19-13-11-17-41(46)42-23-22-38(32-49(42)80)81-39-27-34(40-16-10-12-18-45(40)66(7,8)9)26-37(31-39)78-33-79(48-21-15-14-20-47(48)78)63-43(51-53(67)57(71)61(75)58(72)54(51)68)28-36(65(4,5)6)29-44(63)52-55(69)59(73)62(76)60(74)56(52)70/h10-32H,33H2,1-9H3. The fraction of sp³-hybridized carbons (Fsp3) is 0.197. The van der Waals surface area contributed by atoms with E-state index in [1.807, 2.05) is 84.9 Å². The smallest absolute Gasteiger partial charge is 0.200 e. The number of hydrogen-bond acceptors (Lipinski definition) is 4. The lowest BCUT2D eigenvalue weighted by molar-refractivity contribution is 0.381. The Hall–Kier alpha value is -8.59. The van der Waals surface area contributed by atoms with Gasteiger partial charge in [0.1, 0.15) is 24.0 Å². The molecule has 1 aliphatic rings. The van der Waals surface area contributed by atoms with Gasteiger partial charge in [-0.3, -0.25) is 4.57 Å². The molecule has 1 aliphatic heterocycles. The van der Waals surface area contributed by atoms with Crippen LogP contribution in [0, 0.1) is 58.2 Å². The van der Waals surface area contributed by atoms with E-state index in [2.05, 4.69) is 52.2 Å². The van der Waals surface area contributed by atoms with Gasteiger partial charge < -0.3 is 14.5 Å². The van der Waals surface area contributed by atoms with Crippen molar-refractivity contribution in [2.24, 2.45) is 0 Å². The summed E-state index contributed by atoms with van der Waals surface area (Å²) in [7, 11) is 0. The maximum atomic E-state index is 16.5. The summed E-state index contributed by atoms with van der Waals surface area (Å²) in [5.74, 6) is -22.0. The number of aromatic nitrogens is 2. The number of halogens is 10. The third kappa shape index (κ3) is 9.20. The molecule has 0 amide bonds. The van der Waals surface area contributed by atoms with Gasteiger partial charge in [0.15, 0.2) is 46.5 Å². The first kappa shape index (κ1) is 54.4. The molecule has 0 aliphatic carbocycles. The fourth-order valence-corrected chi connectivity index (χ4v) is 10.8. The molecule has 2 aromatic heterocycles. The molecule has 0 fully saturated rings. The highest BCUT2D eigenvalue weighted by Gasteiger charge is 2.39. The molecule has 0 atom stereocenters. The fourth-order valence-electron chi connectivity index (χ4n) is 10.8. The molecule has 0 spiro atoms. The molecule has 3 heterocycles. The van der Waals surface area contributed by atoms with Gasteiger partial charge in [0.2, 0.25) is 11.6 Å². The summed E-state index contributed by atoms with van der Waals surface area (Å²) >= 11 is 0. The topological polar surface area (TPSA) is 33.5 Å². The number of anilines is 4. The molecule has 8 aromatic carbocycles. The molecule has 15 heteroatoms. The van der Waals surface area contributed by atoms with E-state index in [1.54, 1.807) is 56.1 Å². The van der Waals surface area contributed by atoms with Crippen LogP contribution >= 0.6 is 0 Å². The molecule has 0 N–H and O–H groups in total. The molecular formula is C66H52F10N4O. The van der Waals surface area contributed by atoms with Crippen molar-refractivity contribution in [3.8, 4) is 50.7 Å². The molecule has 0 unspecified atom stereocenters. The number of hydrogen-bond donors (Lipinski definition) is 0. The minimum Gasteiger partial charge on any atom is -0.457 e. The highest BCUT2D eigenvalue weighted by Crippen LogP contribution is 2.54. The first-order valence-corrected chi connectivity index (χ1v) is 26.0. The van der Waals surface area contributed by atoms with Gasteiger partial charge in [0.25, 0.3) is 0 Å². The number of benzene rings is 8. The number of fused-ring (bicyclic) bond motifs is 4. The second kappa shape index (κ2) is 19.6. The summed E-state index contributed by atoms with van der Waals surface area (Å²) in [4.78, 5) is 7.84. The van der Waals surface area contributed by atoms with Crippen LogP contribution in [0.2, 0.25) is 0 Å². The first-order chi connectivity index (χ1) is 38.2. The van der Waals surface area contributed by atoms with Crippen LogP contribution in [0.1, 0.15) is 79.0 Å². The maximum absolute atomic E-state index is 16.5. The van der Waals surface area contributed by atoms with Gasteiger partial charge in [0, 0.05) is 45.9 Å². The molecular weight excluding hydrogens is 1050 g/mol. The summed E-state index contributed by atoms with van der Waals surface area (Å²) in [5, 5.41) is 1.93. The van der Waals surface area contributed by atoms with Gasteiger partial charge in [-0.05, 0) is 111 Å². The Morgan fingerprint density at radius 2 is 0.938 bits per heavy atom. The third-order valence-electron chi connectivity index (χ3n) is 14.9. The number of para-hydroxylation sites is 3. The van der Waals surface area contributed by atoms with Crippen LogP contribution in [0.5, 0.6) is 11.5 Å². The van der Waals surface area contributed by atoms with Crippen LogP contribution in [0.4, 0.5) is 66.7 Å². The van der Waals surface area contributed by atoms with E-state index in [1.165, 1.54) is 11.0 Å². The summed E-state index contributed by atoms with van der Waals surface area (Å²) < 4.78 is 166. The number of nitrogens with zero attached hydrogens (tertiary/aromatic N) is 4. The quantitative estimate of drug-likeness (QED) is 0.0863. The van der Waals surface area contributed by atoms with E-state index >= 15 is 35.1 Å². The average molecular weight is 1110 g/mol. The normalized spacial score (nSPS) is 13.0. The van der Waals surface area contributed by atoms with Gasteiger partial charge in [-0.1, -0.05) is 117 Å². The zero-order valence-electron chi connectivity index (χ0n) is 45.5. The minimum atomic E-state index is -2.48. The zero-order chi connectivity index (χ0) is 57.9. The van der Waals surface area contributed by atoms with E-state index < -0.39 is 98.2 Å². The molecule has 5 nitrogen and oxygen atoms in total. The van der Waals surface area contributed by atoms with E-state index in [9.17, 15) is 8.78 Å². The van der Waals surface area contributed by atoms with Crippen molar-refractivity contribution in [2.45, 2.75) is 78.6 Å². The second-order valence-corrected chi connectivity index (χ2v) is 23.3. The average Bonchev–Trinajstić information content (AvgIpc) is 4.17. The van der Waals surface area contributed by atoms with Crippen molar-refractivity contribution < 1.29 is 48.6 Å². The number of ether oxygens (including phenoxy) is 1. The third-order valence-corrected chi connectivity index (χ3v) is 14.9. The Balaban J connectivity index is 1.15. The molecule has 0 bridgehead atoms. The largest absolute Gasteiger partial charge is 0.457 e. The van der Waals surface area contributed by atoms with E-state index in [0.717, 1.165) is 50.6 Å². The first-order valence-electron chi connectivity index (χ1n) is 26.0. The SMILES string of the molecule is CC(C)(C)c1ccnc(-n2c3ccccc3c3ccc(Oc4cc(-c5ccccc5C(C)(C)C)cc(N5CN(c6c(-c7c(F)c(F)c(F)c(F)c7F)cc(C(C)(C)C)cc6-c6c(F)c(F)c(F)c(F)c6F)c6ccccc65)c4)cc32)c1. The van der Waals surface area contributed by atoms with Gasteiger partial charge >= 0.3 is 0 Å². The van der Waals surface area contributed by atoms with Crippen LogP contribution in [0.15, 0.2) is 140 Å². The molecule has 11 rings (SSSR count). The van der Waals surface area contributed by atoms with Crippen molar-refractivity contribution >= 4 is 44.6 Å². The van der Waals surface area contributed by atoms with Crippen LogP contribution in [-0.2, 0) is 16.2 Å². The van der Waals surface area contributed by atoms with Crippen molar-refractivity contribution in [1.29, 1.82) is 0 Å². The highest BCUT2D eigenvalue weighted by molar-refractivity contribution is 6.09. The van der Waals surface area contributed by atoms with Gasteiger partial charge in [-0.25, -0.2) is 48.9 Å². The van der Waals surface area contributed by atoms with Gasteiger partial charge in [-0.2, -0.15) is 0 Å². The predicted octanol–water partition coefficient (Wildman–Crippen LogP) is 19.5. The Morgan fingerprint density at radius 1 is 0.420 bits per heavy atom. The van der Waals surface area contributed by atoms with Crippen LogP contribution in [0.3, 0.4) is 0 Å². The van der Waals surface area contributed by atoms with E-state index in [0.29, 0.717) is 34.3 Å². The predicted molar refractivity (Wildman–Crippen MR) is 299 cm³/mol. The highest BCUT2D eigenvalue weighted by atomic mass is 19.2. The molecule has 0 radical (unpaired) electrons. The summed E-state index contributed by atoms with van der Waals surface area (Å²) in [6, 6.07) is 39.7. The Labute approximate surface area is 461 Å². The second-order valence-electron chi connectivity index (χ2n) is 23.3. The Morgan fingerprint density at radius 3 is 1.52 bits per heavy atom. The Kier molecular flexibility index (Phi) is 13.2. The van der Waals surface area contributed by atoms with E-state index in [-0.39, 0.29) is 22.1 Å². The lowest BCUT2D eigenvalue weighted by Crippen LogP contribution is -2.26. The number of rotatable bonds is 8. The zero-order valence-corrected chi connectivity index (χ0v) is 45.5.